The van der Waals surface area contributed by atoms with Crippen LogP contribution in [0.5, 0.6) is 0 Å². The molecule has 2 heterocycles. The number of aryl methyl sites for hydroxylation is 1. The summed E-state index contributed by atoms with van der Waals surface area (Å²) in [7, 11) is 0. The fourth-order valence-electron chi connectivity index (χ4n) is 4.63. The second-order valence-electron chi connectivity index (χ2n) is 9.15. The van der Waals surface area contributed by atoms with Gasteiger partial charge in [-0.05, 0) is 102 Å². The van der Waals surface area contributed by atoms with Crippen molar-refractivity contribution in [1.29, 1.82) is 0 Å². The highest BCUT2D eigenvalue weighted by molar-refractivity contribution is 8.18. The van der Waals surface area contributed by atoms with Gasteiger partial charge in [0.25, 0.3) is 11.1 Å². The van der Waals surface area contributed by atoms with E-state index in [-0.39, 0.29) is 12.1 Å². The highest BCUT2D eigenvalue weighted by Crippen LogP contribution is 2.42. The number of hydrogen-bond donors (Lipinski definition) is 0. The molecule has 1 unspecified atom stereocenters. The zero-order valence-electron chi connectivity index (χ0n) is 20.1. The Morgan fingerprint density at radius 3 is 2.44 bits per heavy atom. The summed E-state index contributed by atoms with van der Waals surface area (Å²) in [5, 5.41) is -0.457. The third kappa shape index (κ3) is 4.22. The van der Waals surface area contributed by atoms with E-state index in [0.717, 1.165) is 33.4 Å². The number of esters is 1. The maximum Gasteiger partial charge on any atom is 0.329 e. The Morgan fingerprint density at radius 2 is 1.84 bits per heavy atom. The number of anilines is 1. The summed E-state index contributed by atoms with van der Waals surface area (Å²) in [6.07, 6.45) is 4.02. The molecule has 0 N–H and O–H groups in total. The molecular weight excluding hydrogens is 424 g/mol. The van der Waals surface area contributed by atoms with Gasteiger partial charge >= 0.3 is 5.97 Å². The van der Waals surface area contributed by atoms with Gasteiger partial charge in [0.1, 0.15) is 6.04 Å². The predicted molar refractivity (Wildman–Crippen MR) is 130 cm³/mol. The Hall–Kier alpha value is -2.54. The van der Waals surface area contributed by atoms with Crippen LogP contribution in [-0.4, -0.2) is 46.2 Å². The Bertz CT molecular complexity index is 1040. The summed E-state index contributed by atoms with van der Waals surface area (Å²) in [5.41, 5.74) is 5.27. The Morgan fingerprint density at radius 1 is 1.19 bits per heavy atom. The molecule has 3 rings (SSSR count). The van der Waals surface area contributed by atoms with Gasteiger partial charge in [0.05, 0.1) is 17.1 Å². The van der Waals surface area contributed by atoms with Crippen molar-refractivity contribution < 1.29 is 19.1 Å². The molecule has 1 saturated heterocycles. The lowest BCUT2D eigenvalue weighted by Gasteiger charge is -2.46. The fourth-order valence-corrected chi connectivity index (χ4v) is 5.53. The van der Waals surface area contributed by atoms with Crippen molar-refractivity contribution in [2.24, 2.45) is 0 Å². The zero-order valence-corrected chi connectivity index (χ0v) is 20.9. The van der Waals surface area contributed by atoms with E-state index in [4.69, 9.17) is 4.74 Å². The first-order chi connectivity index (χ1) is 14.9. The van der Waals surface area contributed by atoms with Gasteiger partial charge in [-0.25, -0.2) is 4.79 Å². The van der Waals surface area contributed by atoms with Crippen LogP contribution < -0.4 is 4.90 Å². The van der Waals surface area contributed by atoms with E-state index < -0.39 is 23.2 Å². The van der Waals surface area contributed by atoms with Gasteiger partial charge in [0.15, 0.2) is 0 Å². The molecule has 0 spiro atoms. The number of carbonyl (C=O) groups is 3. The molecule has 0 radical (unpaired) electrons. The average molecular weight is 457 g/mol. The van der Waals surface area contributed by atoms with Crippen LogP contribution in [0.4, 0.5) is 10.5 Å². The molecule has 6 nitrogen and oxygen atoms in total. The standard InChI is InChI=1S/C25H32N2O4S/c1-9-31-23(29)17(6)26-22(28)21(32-24(26)30)12-18-11-19-16(5)13-25(7,8)27(14(2)3)20(19)10-15(18)4/h10-14,17H,9H2,1-8H3/b21-12+. The van der Waals surface area contributed by atoms with Gasteiger partial charge in [-0.3, -0.25) is 14.5 Å². The first kappa shape index (κ1) is 24.1. The minimum Gasteiger partial charge on any atom is -0.464 e. The van der Waals surface area contributed by atoms with Crippen LogP contribution in [0.25, 0.3) is 11.6 Å². The molecule has 0 aliphatic carbocycles. The largest absolute Gasteiger partial charge is 0.464 e. The van der Waals surface area contributed by atoms with Crippen LogP contribution in [0.15, 0.2) is 23.1 Å². The monoisotopic (exact) mass is 456 g/mol. The van der Waals surface area contributed by atoms with E-state index in [2.05, 4.69) is 57.7 Å². The van der Waals surface area contributed by atoms with Crippen LogP contribution >= 0.6 is 11.8 Å². The average Bonchev–Trinajstić information content (AvgIpc) is 2.94. The molecule has 0 aromatic heterocycles. The Balaban J connectivity index is 2.01. The van der Waals surface area contributed by atoms with Crippen LogP contribution in [0.3, 0.4) is 0 Å². The van der Waals surface area contributed by atoms with E-state index in [0.29, 0.717) is 10.9 Å². The zero-order chi connectivity index (χ0) is 24.0. The number of imide groups is 1. The summed E-state index contributed by atoms with van der Waals surface area (Å²) < 4.78 is 4.98. The highest BCUT2D eigenvalue weighted by atomic mass is 32.2. The lowest BCUT2D eigenvalue weighted by Crippen LogP contribution is -2.49. The van der Waals surface area contributed by atoms with Crippen molar-refractivity contribution >= 4 is 46.2 Å². The van der Waals surface area contributed by atoms with Gasteiger partial charge in [-0.15, -0.1) is 0 Å². The van der Waals surface area contributed by atoms with E-state index in [1.807, 2.05) is 6.92 Å². The summed E-state index contributed by atoms with van der Waals surface area (Å²) in [5.74, 6) is -1.05. The lowest BCUT2D eigenvalue weighted by atomic mass is 9.86. The molecule has 1 aromatic carbocycles. The van der Waals surface area contributed by atoms with Crippen molar-refractivity contribution in [3.8, 4) is 0 Å². The van der Waals surface area contributed by atoms with Crippen molar-refractivity contribution in [2.45, 2.75) is 73.0 Å². The number of fused-ring (bicyclic) bond motifs is 1. The maximum absolute atomic E-state index is 12.9. The minimum atomic E-state index is -0.954. The van der Waals surface area contributed by atoms with Crippen molar-refractivity contribution in [3.63, 3.8) is 0 Å². The number of rotatable bonds is 5. The van der Waals surface area contributed by atoms with E-state index in [1.165, 1.54) is 18.2 Å². The third-order valence-corrected chi connectivity index (χ3v) is 6.78. The van der Waals surface area contributed by atoms with Gasteiger partial charge in [0.2, 0.25) is 0 Å². The first-order valence-corrected chi connectivity index (χ1v) is 11.8. The number of nitrogens with zero attached hydrogens (tertiary/aromatic N) is 2. The number of amides is 2. The molecule has 0 bridgehead atoms. The second-order valence-corrected chi connectivity index (χ2v) is 10.1. The summed E-state index contributed by atoms with van der Waals surface area (Å²) >= 11 is 0.858. The van der Waals surface area contributed by atoms with Gasteiger partial charge < -0.3 is 9.64 Å². The summed E-state index contributed by atoms with van der Waals surface area (Å²) in [6.45, 7) is 16.3. The third-order valence-electron chi connectivity index (χ3n) is 5.90. The number of ether oxygens (including phenoxy) is 1. The minimum absolute atomic E-state index is 0.106. The molecule has 1 fully saturated rings. The molecule has 0 saturated carbocycles. The quantitative estimate of drug-likeness (QED) is 0.437. The summed E-state index contributed by atoms with van der Waals surface area (Å²) in [6, 6.07) is 3.61. The molecule has 32 heavy (non-hydrogen) atoms. The lowest BCUT2D eigenvalue weighted by molar-refractivity contribution is -0.150. The van der Waals surface area contributed by atoms with Crippen molar-refractivity contribution in [2.75, 3.05) is 11.5 Å². The summed E-state index contributed by atoms with van der Waals surface area (Å²) in [4.78, 5) is 41.2. The molecule has 1 aromatic rings. The SMILES string of the molecule is CCOC(=O)C(C)N1C(=O)S/C(=C/c2cc3c(cc2C)N(C(C)C)C(C)(C)C=C3C)C1=O. The number of allylic oxidation sites excluding steroid dienone is 1. The Labute approximate surface area is 194 Å². The van der Waals surface area contributed by atoms with Crippen LogP contribution in [0.2, 0.25) is 0 Å². The fraction of sp³-hybridized carbons (Fsp3) is 0.480. The molecule has 1 atom stereocenters. The van der Waals surface area contributed by atoms with Gasteiger partial charge in [-0.2, -0.15) is 0 Å². The van der Waals surface area contributed by atoms with Gasteiger partial charge in [0, 0.05) is 17.3 Å². The molecular formula is C25H32N2O4S. The Kier molecular flexibility index (Phi) is 6.61. The highest BCUT2D eigenvalue weighted by Gasteiger charge is 2.41. The maximum atomic E-state index is 12.9. The van der Waals surface area contributed by atoms with E-state index in [9.17, 15) is 14.4 Å². The molecule has 7 heteroatoms. The van der Waals surface area contributed by atoms with E-state index >= 15 is 0 Å². The first-order valence-electron chi connectivity index (χ1n) is 11.0. The molecule has 2 amide bonds. The number of carbonyl (C=O) groups excluding carboxylic acids is 3. The van der Waals surface area contributed by atoms with Crippen molar-refractivity contribution in [3.05, 3.63) is 39.8 Å². The molecule has 172 valence electrons. The predicted octanol–water partition coefficient (Wildman–Crippen LogP) is 5.39. The smallest absolute Gasteiger partial charge is 0.329 e. The number of thioether (sulfide) groups is 1. The molecule has 2 aliphatic rings. The van der Waals surface area contributed by atoms with Crippen LogP contribution in [0.1, 0.15) is 65.2 Å². The van der Waals surface area contributed by atoms with E-state index in [1.54, 1.807) is 13.0 Å². The second kappa shape index (κ2) is 8.77. The van der Waals surface area contributed by atoms with Crippen molar-refractivity contribution in [1.82, 2.24) is 4.90 Å². The van der Waals surface area contributed by atoms with Gasteiger partial charge in [-0.1, -0.05) is 6.08 Å². The topological polar surface area (TPSA) is 66.9 Å². The number of hydrogen-bond acceptors (Lipinski definition) is 6. The number of benzene rings is 1. The molecule has 2 aliphatic heterocycles. The van der Waals surface area contributed by atoms with Crippen LogP contribution in [-0.2, 0) is 14.3 Å². The normalized spacial score (nSPS) is 20.0. The van der Waals surface area contributed by atoms with Crippen LogP contribution in [0, 0.1) is 6.92 Å².